The number of aromatic nitrogens is 2. The number of urea groups is 1. The van der Waals surface area contributed by atoms with Crippen LogP contribution in [0.4, 0.5) is 10.6 Å². The number of nitrogens with one attached hydrogen (secondary N) is 3. The normalized spacial score (nSPS) is 14.2. The monoisotopic (exact) mass is 490 g/mol. The molecule has 0 radical (unpaired) electrons. The van der Waals surface area contributed by atoms with Gasteiger partial charge in [0.05, 0.1) is 11.8 Å². The first-order valence-corrected chi connectivity index (χ1v) is 11.5. The highest BCUT2D eigenvalue weighted by Gasteiger charge is 2.47. The zero-order valence-electron chi connectivity index (χ0n) is 18.1. The smallest absolute Gasteiger partial charge is 0.321 e. The summed E-state index contributed by atoms with van der Waals surface area (Å²) < 4.78 is 0. The van der Waals surface area contributed by atoms with Gasteiger partial charge in [0.25, 0.3) is 0 Å². The van der Waals surface area contributed by atoms with Gasteiger partial charge in [-0.3, -0.25) is 15.1 Å². The van der Waals surface area contributed by atoms with Gasteiger partial charge in [-0.1, -0.05) is 29.8 Å². The highest BCUT2D eigenvalue weighted by molar-refractivity contribution is 7.10. The van der Waals surface area contributed by atoms with E-state index >= 15 is 0 Å². The third kappa shape index (κ3) is 4.58. The zero-order valence-corrected chi connectivity index (χ0v) is 19.6. The molecule has 0 saturated heterocycles. The molecule has 3 aromatic rings. The van der Waals surface area contributed by atoms with E-state index in [1.165, 1.54) is 18.4 Å². The Kier molecular flexibility index (Phi) is 6.51. The Bertz CT molecular complexity index is 1350. The molecule has 2 heterocycles. The first-order chi connectivity index (χ1) is 16.4. The Morgan fingerprint density at radius 1 is 1.29 bits per heavy atom. The number of thiazole rings is 1. The predicted octanol–water partition coefficient (Wildman–Crippen LogP) is 4.00. The minimum atomic E-state index is -1.01. The molecule has 0 unspecified atom stereocenters. The van der Waals surface area contributed by atoms with Crippen LogP contribution >= 0.6 is 22.9 Å². The number of pyridine rings is 1. The summed E-state index contributed by atoms with van der Waals surface area (Å²) in [5, 5.41) is 19.8. The molecule has 34 heavy (non-hydrogen) atoms. The van der Waals surface area contributed by atoms with Crippen molar-refractivity contribution in [3.63, 3.8) is 0 Å². The van der Waals surface area contributed by atoms with Crippen LogP contribution in [0.15, 0.2) is 41.9 Å². The van der Waals surface area contributed by atoms with Crippen molar-refractivity contribution in [3.05, 3.63) is 63.2 Å². The maximum Gasteiger partial charge on any atom is 0.321 e. The molecule has 0 bridgehead atoms. The number of anilines is 1. The maximum absolute atomic E-state index is 12.6. The summed E-state index contributed by atoms with van der Waals surface area (Å²) in [6.45, 7) is 0. The molecular weight excluding hydrogens is 472 g/mol. The van der Waals surface area contributed by atoms with E-state index in [0.29, 0.717) is 26.9 Å². The van der Waals surface area contributed by atoms with Gasteiger partial charge in [0.1, 0.15) is 17.3 Å². The molecule has 1 aliphatic carbocycles. The van der Waals surface area contributed by atoms with Crippen LogP contribution in [-0.2, 0) is 10.2 Å². The fraction of sp³-hybridized carbons (Fsp3) is 0.208. The molecule has 10 heteroatoms. The lowest BCUT2D eigenvalue weighted by atomic mass is 9.93. The van der Waals surface area contributed by atoms with E-state index in [4.69, 9.17) is 18.0 Å². The Labute approximate surface area is 205 Å². The molecule has 2 aromatic heterocycles. The Morgan fingerprint density at radius 2 is 2.09 bits per heavy atom. The van der Waals surface area contributed by atoms with Crippen LogP contribution in [0.25, 0.3) is 11.1 Å². The third-order valence-electron chi connectivity index (χ3n) is 5.49. The van der Waals surface area contributed by atoms with Gasteiger partial charge in [-0.25, -0.2) is 9.78 Å². The lowest BCUT2D eigenvalue weighted by Crippen LogP contribution is -2.41. The van der Waals surface area contributed by atoms with Crippen LogP contribution in [0.1, 0.15) is 35.1 Å². The van der Waals surface area contributed by atoms with Crippen LogP contribution in [0.3, 0.4) is 0 Å². The standard InChI is InChI=1S/C24H19ClN6O2S/c1-3-19-29-18(12-34-19)30-23(33)31-20(22(32)27-2)14-6-7-15(17(25)11-14)16-5-4-10-28-21(16)24(13-26)8-9-24/h1,4-7,10-12,20H,8-9H2,2H3,(H,27,32)(H2,30,31,33)/t20-/m1/s1. The maximum atomic E-state index is 12.6. The Balaban J connectivity index is 1.61. The van der Waals surface area contributed by atoms with E-state index in [2.05, 4.69) is 37.9 Å². The number of carbonyl (C=O) groups excluding carboxylic acids is 2. The van der Waals surface area contributed by atoms with Crippen molar-refractivity contribution in [3.8, 4) is 29.5 Å². The molecule has 3 N–H and O–H groups in total. The van der Waals surface area contributed by atoms with E-state index in [0.717, 1.165) is 18.4 Å². The third-order valence-corrected chi connectivity index (χ3v) is 6.58. The van der Waals surface area contributed by atoms with Gasteiger partial charge in [-0.15, -0.1) is 17.8 Å². The van der Waals surface area contributed by atoms with Gasteiger partial charge in [-0.2, -0.15) is 5.26 Å². The van der Waals surface area contributed by atoms with E-state index in [1.807, 2.05) is 6.07 Å². The van der Waals surface area contributed by atoms with Crippen molar-refractivity contribution in [1.82, 2.24) is 20.6 Å². The summed E-state index contributed by atoms with van der Waals surface area (Å²) >= 11 is 7.84. The largest absolute Gasteiger partial charge is 0.357 e. The second kappa shape index (κ2) is 9.52. The molecule has 3 amide bonds. The summed E-state index contributed by atoms with van der Waals surface area (Å²) in [4.78, 5) is 33.6. The van der Waals surface area contributed by atoms with Gasteiger partial charge in [0, 0.05) is 34.8 Å². The lowest BCUT2D eigenvalue weighted by molar-refractivity contribution is -0.122. The molecular formula is C24H19ClN6O2S. The van der Waals surface area contributed by atoms with E-state index in [-0.39, 0.29) is 5.82 Å². The average molecular weight is 491 g/mol. The second-order valence-electron chi connectivity index (χ2n) is 7.66. The van der Waals surface area contributed by atoms with Crippen molar-refractivity contribution >= 4 is 40.7 Å². The van der Waals surface area contributed by atoms with Crippen molar-refractivity contribution < 1.29 is 9.59 Å². The molecule has 170 valence electrons. The molecule has 1 atom stereocenters. The molecule has 1 fully saturated rings. The topological polar surface area (TPSA) is 120 Å². The Hall–Kier alpha value is -3.92. The van der Waals surface area contributed by atoms with Crippen LogP contribution < -0.4 is 16.0 Å². The van der Waals surface area contributed by atoms with Gasteiger partial charge in [0.15, 0.2) is 5.01 Å². The van der Waals surface area contributed by atoms with E-state index < -0.39 is 23.4 Å². The fourth-order valence-electron chi connectivity index (χ4n) is 3.59. The number of rotatable bonds is 6. The second-order valence-corrected chi connectivity index (χ2v) is 8.93. The predicted molar refractivity (Wildman–Crippen MR) is 130 cm³/mol. The van der Waals surface area contributed by atoms with E-state index in [1.54, 1.807) is 35.8 Å². The lowest BCUT2D eigenvalue weighted by Gasteiger charge is -2.19. The van der Waals surface area contributed by atoms with Gasteiger partial charge < -0.3 is 10.6 Å². The molecule has 1 saturated carbocycles. The number of nitrogens with zero attached hydrogens (tertiary/aromatic N) is 3. The summed E-state index contributed by atoms with van der Waals surface area (Å²) in [5.74, 6) is 2.26. The van der Waals surface area contributed by atoms with Crippen molar-refractivity contribution in [2.24, 2.45) is 0 Å². The highest BCUT2D eigenvalue weighted by Crippen LogP contribution is 2.50. The minimum Gasteiger partial charge on any atom is -0.357 e. The summed E-state index contributed by atoms with van der Waals surface area (Å²) in [6, 6.07) is 9.50. The number of terminal acetylenes is 1. The first kappa shape index (κ1) is 23.2. The molecule has 0 aliphatic heterocycles. The quantitative estimate of drug-likeness (QED) is 0.451. The molecule has 8 nitrogen and oxygen atoms in total. The average Bonchev–Trinajstić information content (AvgIpc) is 3.53. The number of benzene rings is 1. The molecule has 1 aliphatic rings. The SMILES string of the molecule is C#Cc1nc(NC(=O)N[C@@H](C(=O)NC)c2ccc(-c3cccnc3C3(C#N)CC3)c(Cl)c2)cs1. The number of halogens is 1. The highest BCUT2D eigenvalue weighted by atomic mass is 35.5. The van der Waals surface area contributed by atoms with Gasteiger partial charge in [0.2, 0.25) is 5.91 Å². The van der Waals surface area contributed by atoms with Crippen molar-refractivity contribution in [2.75, 3.05) is 12.4 Å². The zero-order chi connectivity index (χ0) is 24.3. The van der Waals surface area contributed by atoms with Crippen LogP contribution in [0.5, 0.6) is 0 Å². The number of hydrogen-bond donors (Lipinski definition) is 3. The first-order valence-electron chi connectivity index (χ1n) is 10.3. The number of hydrogen-bond acceptors (Lipinski definition) is 6. The summed E-state index contributed by atoms with van der Waals surface area (Å²) in [7, 11) is 1.48. The molecule has 1 aromatic carbocycles. The minimum absolute atomic E-state index is 0.287. The number of carbonyl (C=O) groups is 2. The molecule has 4 rings (SSSR count). The van der Waals surface area contributed by atoms with Crippen LogP contribution in [-0.4, -0.2) is 29.0 Å². The summed E-state index contributed by atoms with van der Waals surface area (Å²) in [5.41, 5.74) is 2.06. The molecule has 0 spiro atoms. The van der Waals surface area contributed by atoms with Gasteiger partial charge in [-0.05, 0) is 36.5 Å². The van der Waals surface area contributed by atoms with Gasteiger partial charge >= 0.3 is 6.03 Å². The van der Waals surface area contributed by atoms with Crippen molar-refractivity contribution in [2.45, 2.75) is 24.3 Å². The number of amides is 3. The number of nitriles is 1. The van der Waals surface area contributed by atoms with E-state index in [9.17, 15) is 14.9 Å². The Morgan fingerprint density at radius 3 is 2.71 bits per heavy atom. The van der Waals surface area contributed by atoms with Crippen LogP contribution in [0, 0.1) is 23.7 Å². The van der Waals surface area contributed by atoms with Crippen molar-refractivity contribution in [1.29, 1.82) is 5.26 Å². The van der Waals surface area contributed by atoms with Crippen LogP contribution in [0.2, 0.25) is 5.02 Å². The number of likely N-dealkylation sites (N-methyl/N-ethyl adjacent to an activating group) is 1. The summed E-state index contributed by atoms with van der Waals surface area (Å²) in [6.07, 6.45) is 8.48. The fourth-order valence-corrected chi connectivity index (χ4v) is 4.43.